The summed E-state index contributed by atoms with van der Waals surface area (Å²) in [5.74, 6) is -0.279. The average molecular weight is 200 g/mol. The predicted octanol–water partition coefficient (Wildman–Crippen LogP) is -0.848. The minimum Gasteiger partial charge on any atom is -0.394 e. The number of rotatable bonds is 4. The maximum Gasteiger partial charge on any atom is 0.242 e. The summed E-state index contributed by atoms with van der Waals surface area (Å²) < 4.78 is 0. The Kier molecular flexibility index (Phi) is 3.88. The highest BCUT2D eigenvalue weighted by molar-refractivity contribution is 5.90. The maximum absolute atomic E-state index is 11.5. The maximum atomic E-state index is 11.5. The Morgan fingerprint density at radius 2 is 2.50 bits per heavy atom. The van der Waals surface area contributed by atoms with E-state index in [0.717, 1.165) is 0 Å². The number of aliphatic hydroxyl groups excluding tert-OH is 1. The van der Waals surface area contributed by atoms with Crippen molar-refractivity contribution in [1.82, 2.24) is 10.6 Å². The van der Waals surface area contributed by atoms with E-state index in [2.05, 4.69) is 10.6 Å². The summed E-state index contributed by atoms with van der Waals surface area (Å²) in [6, 6.07) is -0.622. The molecule has 3 N–H and O–H groups in total. The fraction of sp³-hybridized carbons (Fsp3) is 0.778. The van der Waals surface area contributed by atoms with Crippen LogP contribution in [0.3, 0.4) is 0 Å². The summed E-state index contributed by atoms with van der Waals surface area (Å²) >= 11 is 0. The van der Waals surface area contributed by atoms with Crippen LogP contribution in [0.1, 0.15) is 26.2 Å². The highest BCUT2D eigenvalue weighted by Gasteiger charge is 2.27. The zero-order chi connectivity index (χ0) is 10.6. The van der Waals surface area contributed by atoms with Gasteiger partial charge in [0.05, 0.1) is 12.6 Å². The fourth-order valence-electron chi connectivity index (χ4n) is 1.39. The van der Waals surface area contributed by atoms with E-state index in [1.165, 1.54) is 0 Å². The Morgan fingerprint density at radius 3 is 2.93 bits per heavy atom. The first-order valence-corrected chi connectivity index (χ1v) is 4.88. The van der Waals surface area contributed by atoms with Crippen molar-refractivity contribution in [3.63, 3.8) is 0 Å². The number of amides is 2. The van der Waals surface area contributed by atoms with Crippen molar-refractivity contribution in [1.29, 1.82) is 0 Å². The van der Waals surface area contributed by atoms with Crippen molar-refractivity contribution in [3.8, 4) is 0 Å². The SMILES string of the molecule is CC[C@H](CO)NC(=O)[C@H]1CCC(=O)N1. The van der Waals surface area contributed by atoms with E-state index in [9.17, 15) is 9.59 Å². The lowest BCUT2D eigenvalue weighted by Gasteiger charge is -2.17. The van der Waals surface area contributed by atoms with Crippen LogP contribution in [0.4, 0.5) is 0 Å². The molecule has 5 nitrogen and oxygen atoms in total. The smallest absolute Gasteiger partial charge is 0.242 e. The lowest BCUT2D eigenvalue weighted by molar-refractivity contribution is -0.126. The molecule has 0 saturated carbocycles. The van der Waals surface area contributed by atoms with Crippen LogP contribution in [-0.4, -0.2) is 35.6 Å². The molecule has 0 aromatic carbocycles. The molecule has 1 heterocycles. The normalized spacial score (nSPS) is 23.0. The third-order valence-electron chi connectivity index (χ3n) is 2.37. The summed E-state index contributed by atoms with van der Waals surface area (Å²) in [6.07, 6.45) is 1.64. The van der Waals surface area contributed by atoms with E-state index in [4.69, 9.17) is 5.11 Å². The standard InChI is InChI=1S/C9H16N2O3/c1-2-6(5-12)10-9(14)7-3-4-8(13)11-7/h6-7,12H,2-5H2,1H3,(H,10,14)(H,11,13)/t6-,7-/m1/s1. The molecule has 80 valence electrons. The molecule has 1 fully saturated rings. The van der Waals surface area contributed by atoms with Crippen LogP contribution < -0.4 is 10.6 Å². The van der Waals surface area contributed by atoms with Gasteiger partial charge >= 0.3 is 0 Å². The molecular formula is C9H16N2O3. The zero-order valence-electron chi connectivity index (χ0n) is 8.25. The Morgan fingerprint density at radius 1 is 1.79 bits per heavy atom. The van der Waals surface area contributed by atoms with Gasteiger partial charge in [-0.15, -0.1) is 0 Å². The summed E-state index contributed by atoms with van der Waals surface area (Å²) in [7, 11) is 0. The van der Waals surface area contributed by atoms with Crippen molar-refractivity contribution < 1.29 is 14.7 Å². The lowest BCUT2D eigenvalue weighted by Crippen LogP contribution is -2.46. The lowest BCUT2D eigenvalue weighted by atomic mass is 10.2. The van der Waals surface area contributed by atoms with Crippen LogP contribution in [-0.2, 0) is 9.59 Å². The molecular weight excluding hydrogens is 184 g/mol. The van der Waals surface area contributed by atoms with Crippen LogP contribution in [0.2, 0.25) is 0 Å². The Labute approximate surface area is 82.9 Å². The van der Waals surface area contributed by atoms with Crippen molar-refractivity contribution >= 4 is 11.8 Å². The first-order valence-electron chi connectivity index (χ1n) is 4.88. The molecule has 2 amide bonds. The summed E-state index contributed by atoms with van der Waals surface area (Å²) in [4.78, 5) is 22.3. The fourth-order valence-corrected chi connectivity index (χ4v) is 1.39. The van der Waals surface area contributed by atoms with Crippen LogP contribution in [0.5, 0.6) is 0 Å². The minimum atomic E-state index is -0.414. The number of hydrogen-bond acceptors (Lipinski definition) is 3. The van der Waals surface area contributed by atoms with E-state index in [1.807, 2.05) is 6.92 Å². The molecule has 0 bridgehead atoms. The number of nitrogens with one attached hydrogen (secondary N) is 2. The van der Waals surface area contributed by atoms with Crippen LogP contribution in [0, 0.1) is 0 Å². The van der Waals surface area contributed by atoms with Gasteiger partial charge in [-0.2, -0.15) is 0 Å². The van der Waals surface area contributed by atoms with Gasteiger partial charge in [0.1, 0.15) is 6.04 Å². The quantitative estimate of drug-likeness (QED) is 0.553. The van der Waals surface area contributed by atoms with E-state index in [0.29, 0.717) is 19.3 Å². The van der Waals surface area contributed by atoms with Gasteiger partial charge in [0.2, 0.25) is 11.8 Å². The van der Waals surface area contributed by atoms with E-state index >= 15 is 0 Å². The van der Waals surface area contributed by atoms with Gasteiger partial charge in [0.15, 0.2) is 0 Å². The number of aliphatic hydroxyl groups is 1. The summed E-state index contributed by atoms with van der Waals surface area (Å²) in [5.41, 5.74) is 0. The second-order valence-corrected chi connectivity index (χ2v) is 3.46. The number of hydrogen-bond donors (Lipinski definition) is 3. The first kappa shape index (κ1) is 11.0. The van der Waals surface area contributed by atoms with E-state index < -0.39 is 6.04 Å². The molecule has 14 heavy (non-hydrogen) atoms. The zero-order valence-corrected chi connectivity index (χ0v) is 8.25. The van der Waals surface area contributed by atoms with Crippen molar-refractivity contribution in [2.24, 2.45) is 0 Å². The molecule has 0 unspecified atom stereocenters. The molecule has 1 saturated heterocycles. The third kappa shape index (κ3) is 2.70. The van der Waals surface area contributed by atoms with E-state index in [1.54, 1.807) is 0 Å². The van der Waals surface area contributed by atoms with Gasteiger partial charge in [-0.05, 0) is 12.8 Å². The van der Waals surface area contributed by atoms with Crippen LogP contribution in [0.15, 0.2) is 0 Å². The second kappa shape index (κ2) is 4.95. The van der Waals surface area contributed by atoms with E-state index in [-0.39, 0.29) is 24.5 Å². The van der Waals surface area contributed by atoms with Crippen molar-refractivity contribution in [3.05, 3.63) is 0 Å². The monoisotopic (exact) mass is 200 g/mol. The van der Waals surface area contributed by atoms with Crippen LogP contribution in [0.25, 0.3) is 0 Å². The van der Waals surface area contributed by atoms with Gasteiger partial charge in [0.25, 0.3) is 0 Å². The molecule has 0 aromatic rings. The molecule has 0 spiro atoms. The van der Waals surface area contributed by atoms with Gasteiger partial charge in [-0.25, -0.2) is 0 Å². The molecule has 1 aliphatic rings. The molecule has 5 heteroatoms. The van der Waals surface area contributed by atoms with Crippen LogP contribution >= 0.6 is 0 Å². The van der Waals surface area contributed by atoms with Crippen molar-refractivity contribution in [2.45, 2.75) is 38.3 Å². The van der Waals surface area contributed by atoms with Gasteiger partial charge in [0, 0.05) is 6.42 Å². The Balaban J connectivity index is 2.38. The third-order valence-corrected chi connectivity index (χ3v) is 2.37. The summed E-state index contributed by atoms with van der Waals surface area (Å²) in [5, 5.41) is 14.1. The number of carbonyl (C=O) groups excluding carboxylic acids is 2. The molecule has 0 radical (unpaired) electrons. The molecule has 0 aliphatic carbocycles. The largest absolute Gasteiger partial charge is 0.394 e. The number of carbonyl (C=O) groups is 2. The van der Waals surface area contributed by atoms with Gasteiger partial charge in [-0.3, -0.25) is 9.59 Å². The first-order chi connectivity index (χ1) is 6.67. The Hall–Kier alpha value is -1.10. The molecule has 1 aliphatic heterocycles. The topological polar surface area (TPSA) is 78.4 Å². The minimum absolute atomic E-state index is 0.0666. The Bertz CT molecular complexity index is 226. The summed E-state index contributed by atoms with van der Waals surface area (Å²) in [6.45, 7) is 1.82. The average Bonchev–Trinajstić information content (AvgIpc) is 2.61. The highest BCUT2D eigenvalue weighted by atomic mass is 16.3. The second-order valence-electron chi connectivity index (χ2n) is 3.46. The van der Waals surface area contributed by atoms with Gasteiger partial charge < -0.3 is 15.7 Å². The molecule has 0 aromatic heterocycles. The predicted molar refractivity (Wildman–Crippen MR) is 50.5 cm³/mol. The highest BCUT2D eigenvalue weighted by Crippen LogP contribution is 2.06. The van der Waals surface area contributed by atoms with Crippen molar-refractivity contribution in [2.75, 3.05) is 6.61 Å². The van der Waals surface area contributed by atoms with Gasteiger partial charge in [-0.1, -0.05) is 6.92 Å². The molecule has 2 atom stereocenters. The molecule has 1 rings (SSSR count).